The predicted octanol–water partition coefficient (Wildman–Crippen LogP) is 2.67. The molecule has 9 heteroatoms. The highest BCUT2D eigenvalue weighted by Crippen LogP contribution is 2.34. The molecule has 0 bridgehead atoms. The van der Waals surface area contributed by atoms with Crippen LogP contribution in [0, 0.1) is 5.92 Å². The molecule has 1 amide bonds. The first kappa shape index (κ1) is 17.3. The molecule has 0 heterocycles. The molecule has 0 radical (unpaired) electrons. The summed E-state index contributed by atoms with van der Waals surface area (Å²) in [5.41, 5.74) is -1.35. The van der Waals surface area contributed by atoms with Crippen LogP contribution in [0.4, 0.5) is 24.5 Å². The quantitative estimate of drug-likeness (QED) is 0.894. The number of rotatable bonds is 4. The zero-order valence-electron chi connectivity index (χ0n) is 11.6. The molecule has 21 heavy (non-hydrogen) atoms. The largest absolute Gasteiger partial charge is 0.416 e. The smallest absolute Gasteiger partial charge is 0.324 e. The number of nitrogens with one attached hydrogen (secondary N) is 2. The molecule has 0 saturated heterocycles. The number of benzene rings is 1. The van der Waals surface area contributed by atoms with Crippen LogP contribution in [0.5, 0.6) is 0 Å². The monoisotopic (exact) mass is 324 g/mol. The van der Waals surface area contributed by atoms with Gasteiger partial charge in [-0.3, -0.25) is 9.52 Å². The van der Waals surface area contributed by atoms with Crippen molar-refractivity contribution < 1.29 is 26.4 Å². The fourth-order valence-corrected chi connectivity index (χ4v) is 1.97. The van der Waals surface area contributed by atoms with Gasteiger partial charge in [0.2, 0.25) is 15.9 Å². The highest BCUT2D eigenvalue weighted by atomic mass is 32.2. The lowest BCUT2D eigenvalue weighted by molar-refractivity contribution is -0.137. The standard InChI is InChI=1S/C12H15F3N2O3S/c1-7(2)11(18)16-10-6-8(12(13,14)15)4-5-9(10)17-21(3,19)20/h4-7,17H,1-3H3,(H,16,18). The number of alkyl halides is 3. The molecule has 0 aliphatic rings. The minimum absolute atomic E-state index is 0.125. The van der Waals surface area contributed by atoms with Crippen LogP contribution >= 0.6 is 0 Å². The SMILES string of the molecule is CC(C)C(=O)Nc1cc(C(F)(F)F)ccc1NS(C)(=O)=O. The summed E-state index contributed by atoms with van der Waals surface area (Å²) in [5, 5.41) is 2.28. The number of carbonyl (C=O) groups is 1. The number of sulfonamides is 1. The van der Waals surface area contributed by atoms with Gasteiger partial charge in [0, 0.05) is 5.92 Å². The Hall–Kier alpha value is -1.77. The number of hydrogen-bond acceptors (Lipinski definition) is 3. The third-order valence-electron chi connectivity index (χ3n) is 2.42. The van der Waals surface area contributed by atoms with Gasteiger partial charge < -0.3 is 5.32 Å². The molecule has 1 aromatic carbocycles. The van der Waals surface area contributed by atoms with Crippen molar-refractivity contribution in [1.82, 2.24) is 0 Å². The van der Waals surface area contributed by atoms with Crippen LogP contribution in [0.2, 0.25) is 0 Å². The van der Waals surface area contributed by atoms with Crippen LogP contribution in [-0.4, -0.2) is 20.6 Å². The Labute approximate surface area is 120 Å². The molecule has 0 unspecified atom stereocenters. The number of hydrogen-bond donors (Lipinski definition) is 2. The van der Waals surface area contributed by atoms with Gasteiger partial charge in [0.05, 0.1) is 23.2 Å². The van der Waals surface area contributed by atoms with Crippen molar-refractivity contribution in [2.24, 2.45) is 5.92 Å². The molecule has 0 fully saturated rings. The van der Waals surface area contributed by atoms with Crippen LogP contribution in [-0.2, 0) is 21.0 Å². The average Bonchev–Trinajstić information content (AvgIpc) is 2.27. The van der Waals surface area contributed by atoms with E-state index in [4.69, 9.17) is 0 Å². The second-order valence-electron chi connectivity index (χ2n) is 4.78. The second kappa shape index (κ2) is 5.92. The summed E-state index contributed by atoms with van der Waals surface area (Å²) in [4.78, 5) is 11.6. The lowest BCUT2D eigenvalue weighted by atomic mass is 10.1. The van der Waals surface area contributed by atoms with Crippen LogP contribution in [0.25, 0.3) is 0 Å². The molecule has 0 aliphatic carbocycles. The number of amides is 1. The molecule has 2 N–H and O–H groups in total. The van der Waals surface area contributed by atoms with Crippen LogP contribution in [0.1, 0.15) is 19.4 Å². The summed E-state index contributed by atoms with van der Waals surface area (Å²) in [6.45, 7) is 3.12. The summed E-state index contributed by atoms with van der Waals surface area (Å²) in [7, 11) is -3.69. The first-order chi connectivity index (χ1) is 9.40. The van der Waals surface area contributed by atoms with Gasteiger partial charge in [0.25, 0.3) is 0 Å². The third-order valence-corrected chi connectivity index (χ3v) is 3.02. The van der Waals surface area contributed by atoms with Crippen molar-refractivity contribution in [2.45, 2.75) is 20.0 Å². The molecule has 0 aliphatic heterocycles. The minimum atomic E-state index is -4.60. The molecular formula is C12H15F3N2O3S. The second-order valence-corrected chi connectivity index (χ2v) is 6.52. The molecule has 118 valence electrons. The number of halogens is 3. The van der Waals surface area contributed by atoms with E-state index >= 15 is 0 Å². The molecule has 0 saturated carbocycles. The first-order valence-corrected chi connectivity index (χ1v) is 7.79. The van der Waals surface area contributed by atoms with E-state index in [0.29, 0.717) is 6.07 Å². The summed E-state index contributed by atoms with van der Waals surface area (Å²) in [6.07, 6.45) is -3.74. The van der Waals surface area contributed by atoms with Crippen molar-refractivity contribution in [3.63, 3.8) is 0 Å². The lowest BCUT2D eigenvalue weighted by Gasteiger charge is -2.16. The van der Waals surface area contributed by atoms with Gasteiger partial charge in [-0.15, -0.1) is 0 Å². The van der Waals surface area contributed by atoms with Crippen LogP contribution in [0.3, 0.4) is 0 Å². The van der Waals surface area contributed by atoms with Gasteiger partial charge in [-0.1, -0.05) is 13.8 Å². The number of anilines is 2. The molecular weight excluding hydrogens is 309 g/mol. The summed E-state index contributed by atoms with van der Waals surface area (Å²) in [6, 6.07) is 2.38. The number of carbonyl (C=O) groups excluding carboxylic acids is 1. The maximum absolute atomic E-state index is 12.7. The zero-order valence-corrected chi connectivity index (χ0v) is 12.4. The van der Waals surface area contributed by atoms with Crippen molar-refractivity contribution >= 4 is 27.3 Å². The van der Waals surface area contributed by atoms with Crippen molar-refractivity contribution in [2.75, 3.05) is 16.3 Å². The Morgan fingerprint density at radius 1 is 1.19 bits per heavy atom. The Balaban J connectivity index is 3.28. The Morgan fingerprint density at radius 3 is 2.19 bits per heavy atom. The molecule has 0 aromatic heterocycles. The Kier molecular flexibility index (Phi) is 4.87. The highest BCUT2D eigenvalue weighted by molar-refractivity contribution is 7.92. The maximum atomic E-state index is 12.7. The molecule has 1 rings (SSSR count). The topological polar surface area (TPSA) is 75.3 Å². The Morgan fingerprint density at radius 2 is 1.76 bits per heavy atom. The normalized spacial score (nSPS) is 12.3. The average molecular weight is 324 g/mol. The summed E-state index contributed by atoms with van der Waals surface area (Å²) in [5.74, 6) is -0.989. The van der Waals surface area contributed by atoms with Gasteiger partial charge in [-0.05, 0) is 18.2 Å². The van der Waals surface area contributed by atoms with E-state index < -0.39 is 33.6 Å². The van der Waals surface area contributed by atoms with Crippen molar-refractivity contribution in [3.8, 4) is 0 Å². The van der Waals surface area contributed by atoms with Gasteiger partial charge >= 0.3 is 6.18 Å². The predicted molar refractivity (Wildman–Crippen MR) is 73.4 cm³/mol. The van der Waals surface area contributed by atoms with E-state index in [9.17, 15) is 26.4 Å². The molecule has 5 nitrogen and oxygen atoms in total. The van der Waals surface area contributed by atoms with Crippen LogP contribution in [0.15, 0.2) is 18.2 Å². The van der Waals surface area contributed by atoms with Crippen molar-refractivity contribution in [1.29, 1.82) is 0 Å². The third kappa shape index (κ3) is 5.25. The minimum Gasteiger partial charge on any atom is -0.324 e. The first-order valence-electron chi connectivity index (χ1n) is 5.90. The van der Waals surface area contributed by atoms with Gasteiger partial charge in [0.1, 0.15) is 0 Å². The van der Waals surface area contributed by atoms with Gasteiger partial charge in [-0.2, -0.15) is 13.2 Å². The fourth-order valence-electron chi connectivity index (χ4n) is 1.39. The summed E-state index contributed by atoms with van der Waals surface area (Å²) < 4.78 is 62.5. The Bertz CT molecular complexity index is 640. The molecule has 0 spiro atoms. The summed E-state index contributed by atoms with van der Waals surface area (Å²) >= 11 is 0. The van der Waals surface area contributed by atoms with Crippen LogP contribution < -0.4 is 10.0 Å². The van der Waals surface area contributed by atoms with E-state index in [1.807, 2.05) is 0 Å². The van der Waals surface area contributed by atoms with E-state index in [0.717, 1.165) is 18.4 Å². The zero-order chi connectivity index (χ0) is 16.4. The van der Waals surface area contributed by atoms with Crippen molar-refractivity contribution in [3.05, 3.63) is 23.8 Å². The van der Waals surface area contributed by atoms with E-state index in [1.165, 1.54) is 0 Å². The van der Waals surface area contributed by atoms with Gasteiger partial charge in [-0.25, -0.2) is 8.42 Å². The maximum Gasteiger partial charge on any atom is 0.416 e. The highest BCUT2D eigenvalue weighted by Gasteiger charge is 2.31. The van der Waals surface area contributed by atoms with E-state index in [-0.39, 0.29) is 11.4 Å². The molecule has 1 aromatic rings. The van der Waals surface area contributed by atoms with E-state index in [2.05, 4.69) is 10.0 Å². The lowest BCUT2D eigenvalue weighted by Crippen LogP contribution is -2.20. The van der Waals surface area contributed by atoms with Gasteiger partial charge in [0.15, 0.2) is 0 Å². The fraction of sp³-hybridized carbons (Fsp3) is 0.417. The van der Waals surface area contributed by atoms with E-state index in [1.54, 1.807) is 13.8 Å². The molecule has 0 atom stereocenters.